The van der Waals surface area contributed by atoms with Gasteiger partial charge in [0.05, 0.1) is 21.3 Å². The van der Waals surface area contributed by atoms with Crippen LogP contribution in [0.15, 0.2) is 9.69 Å². The third-order valence-electron chi connectivity index (χ3n) is 2.11. The minimum absolute atomic E-state index is 0.0243. The van der Waals surface area contributed by atoms with Gasteiger partial charge < -0.3 is 4.98 Å². The van der Waals surface area contributed by atoms with Crippen LogP contribution >= 0.6 is 0 Å². The SMILES string of the molecule is CC(=O)c1c(C)[nH]c(=O)c(C#N)c1S(C)=O. The normalized spacial score (nSPS) is 11.9. The minimum Gasteiger partial charge on any atom is -0.325 e. The van der Waals surface area contributed by atoms with E-state index in [1.807, 2.05) is 0 Å². The van der Waals surface area contributed by atoms with E-state index in [2.05, 4.69) is 4.98 Å². The lowest BCUT2D eigenvalue weighted by atomic mass is 10.1. The molecule has 6 heteroatoms. The second-order valence-electron chi connectivity index (χ2n) is 3.28. The molecule has 0 amide bonds. The van der Waals surface area contributed by atoms with Gasteiger partial charge in [-0.1, -0.05) is 0 Å². The lowest BCUT2D eigenvalue weighted by Crippen LogP contribution is -2.20. The van der Waals surface area contributed by atoms with Crippen molar-refractivity contribution in [1.82, 2.24) is 4.98 Å². The van der Waals surface area contributed by atoms with Crippen LogP contribution in [0.25, 0.3) is 0 Å². The van der Waals surface area contributed by atoms with Crippen molar-refractivity contribution in [2.45, 2.75) is 18.7 Å². The molecule has 0 radical (unpaired) electrons. The van der Waals surface area contributed by atoms with Gasteiger partial charge in [-0.15, -0.1) is 0 Å². The van der Waals surface area contributed by atoms with Crippen molar-refractivity contribution >= 4 is 16.6 Å². The first-order chi connectivity index (χ1) is 7.40. The van der Waals surface area contributed by atoms with Gasteiger partial charge in [0.1, 0.15) is 11.6 Å². The summed E-state index contributed by atoms with van der Waals surface area (Å²) < 4.78 is 11.5. The second-order valence-corrected chi connectivity index (χ2v) is 4.60. The molecular weight excluding hydrogens is 228 g/mol. The number of ketones is 1. The molecule has 0 fully saturated rings. The van der Waals surface area contributed by atoms with E-state index in [1.165, 1.54) is 20.1 Å². The largest absolute Gasteiger partial charge is 0.325 e. The van der Waals surface area contributed by atoms with Crippen molar-refractivity contribution in [3.05, 3.63) is 27.2 Å². The summed E-state index contributed by atoms with van der Waals surface area (Å²) in [4.78, 5) is 25.3. The highest BCUT2D eigenvalue weighted by atomic mass is 32.2. The quantitative estimate of drug-likeness (QED) is 0.759. The minimum atomic E-state index is -1.56. The number of rotatable bonds is 2. The van der Waals surface area contributed by atoms with Crippen LogP contribution in [0.1, 0.15) is 28.5 Å². The molecule has 0 saturated carbocycles. The number of nitrogens with one attached hydrogen (secondary N) is 1. The first kappa shape index (κ1) is 12.3. The lowest BCUT2D eigenvalue weighted by Gasteiger charge is -2.08. The molecule has 0 aliphatic rings. The van der Waals surface area contributed by atoms with E-state index in [9.17, 15) is 13.8 Å². The number of aryl methyl sites for hydroxylation is 1. The Morgan fingerprint density at radius 3 is 2.44 bits per heavy atom. The monoisotopic (exact) mass is 238 g/mol. The Morgan fingerprint density at radius 1 is 1.50 bits per heavy atom. The molecule has 1 N–H and O–H groups in total. The summed E-state index contributed by atoms with van der Waals surface area (Å²) in [6.07, 6.45) is 1.33. The summed E-state index contributed by atoms with van der Waals surface area (Å²) in [6.45, 7) is 2.84. The van der Waals surface area contributed by atoms with E-state index >= 15 is 0 Å². The van der Waals surface area contributed by atoms with Crippen molar-refractivity contribution < 1.29 is 9.00 Å². The van der Waals surface area contributed by atoms with E-state index in [1.54, 1.807) is 6.07 Å². The maximum absolute atomic E-state index is 11.5. The van der Waals surface area contributed by atoms with Gasteiger partial charge in [-0.25, -0.2) is 0 Å². The Kier molecular flexibility index (Phi) is 3.40. The van der Waals surface area contributed by atoms with E-state index in [0.717, 1.165) is 0 Å². The van der Waals surface area contributed by atoms with Crippen LogP contribution < -0.4 is 5.56 Å². The van der Waals surface area contributed by atoms with Crippen LogP contribution in [0.2, 0.25) is 0 Å². The number of carbonyl (C=O) groups is 1. The number of aromatic amines is 1. The first-order valence-corrected chi connectivity index (χ1v) is 5.97. The Bertz CT molecular complexity index is 581. The van der Waals surface area contributed by atoms with Gasteiger partial charge in [-0.05, 0) is 13.8 Å². The molecular formula is C10H10N2O3S. The van der Waals surface area contributed by atoms with Crippen molar-refractivity contribution in [2.75, 3.05) is 6.26 Å². The van der Waals surface area contributed by atoms with Crippen LogP contribution in [0.5, 0.6) is 0 Å². The molecule has 1 aromatic rings. The zero-order valence-corrected chi connectivity index (χ0v) is 9.90. The highest BCUT2D eigenvalue weighted by molar-refractivity contribution is 7.84. The van der Waals surface area contributed by atoms with E-state index < -0.39 is 16.4 Å². The summed E-state index contributed by atoms with van der Waals surface area (Å²) in [5.74, 6) is -0.324. The first-order valence-electron chi connectivity index (χ1n) is 4.41. The summed E-state index contributed by atoms with van der Waals surface area (Å²) in [5.41, 5.74) is -0.370. The predicted octanol–water partition coefficient (Wildman–Crippen LogP) is 0.495. The molecule has 1 unspecified atom stereocenters. The third kappa shape index (κ3) is 1.95. The molecule has 1 heterocycles. The molecule has 0 bridgehead atoms. The van der Waals surface area contributed by atoms with Crippen molar-refractivity contribution in [3.63, 3.8) is 0 Å². The standard InChI is InChI=1S/C10H10N2O3S/c1-5-8(6(2)13)9(16(3)15)7(4-11)10(14)12-5/h1-3H3,(H,12,14). The summed E-state index contributed by atoms with van der Waals surface area (Å²) in [6, 6.07) is 1.68. The van der Waals surface area contributed by atoms with Gasteiger partial charge in [-0.2, -0.15) is 5.26 Å². The van der Waals surface area contributed by atoms with E-state index in [4.69, 9.17) is 5.26 Å². The predicted molar refractivity (Wildman–Crippen MR) is 58.9 cm³/mol. The maximum Gasteiger partial charge on any atom is 0.267 e. The zero-order chi connectivity index (χ0) is 12.5. The number of pyridine rings is 1. The molecule has 84 valence electrons. The molecule has 1 rings (SSSR count). The number of carbonyl (C=O) groups excluding carboxylic acids is 1. The maximum atomic E-state index is 11.5. The Labute approximate surface area is 94.6 Å². The Morgan fingerprint density at radius 2 is 2.06 bits per heavy atom. The fraction of sp³-hybridized carbons (Fsp3) is 0.300. The van der Waals surface area contributed by atoms with Crippen LogP contribution in [0, 0.1) is 18.3 Å². The Balaban J connectivity index is 3.89. The van der Waals surface area contributed by atoms with Gasteiger partial charge in [0.25, 0.3) is 5.56 Å². The number of Topliss-reactive ketones (excluding diaryl/α,β-unsaturated/α-hetero) is 1. The van der Waals surface area contributed by atoms with Gasteiger partial charge >= 0.3 is 0 Å². The van der Waals surface area contributed by atoms with Crippen molar-refractivity contribution in [1.29, 1.82) is 5.26 Å². The summed E-state index contributed by atoms with van der Waals surface area (Å²) in [5, 5.41) is 8.83. The molecule has 1 aromatic heterocycles. The highest BCUT2D eigenvalue weighted by Crippen LogP contribution is 2.17. The van der Waals surface area contributed by atoms with Crippen LogP contribution in [-0.4, -0.2) is 21.2 Å². The molecule has 0 aliphatic heterocycles. The number of nitrogens with zero attached hydrogens (tertiary/aromatic N) is 1. The fourth-order valence-electron chi connectivity index (χ4n) is 1.51. The highest BCUT2D eigenvalue weighted by Gasteiger charge is 2.21. The van der Waals surface area contributed by atoms with Crippen molar-refractivity contribution in [2.24, 2.45) is 0 Å². The van der Waals surface area contributed by atoms with Gasteiger partial charge in [0.15, 0.2) is 5.78 Å². The number of H-pyrrole nitrogens is 1. The van der Waals surface area contributed by atoms with Crippen molar-refractivity contribution in [3.8, 4) is 6.07 Å². The second kappa shape index (κ2) is 4.41. The average Bonchev–Trinajstić information content (AvgIpc) is 2.15. The topological polar surface area (TPSA) is 90.8 Å². The van der Waals surface area contributed by atoms with Crippen LogP contribution in [0.3, 0.4) is 0 Å². The molecule has 0 saturated heterocycles. The Hall–Kier alpha value is -1.74. The van der Waals surface area contributed by atoms with Crippen LogP contribution in [0.4, 0.5) is 0 Å². The fourth-order valence-corrected chi connectivity index (χ4v) is 2.52. The summed E-state index contributed by atoms with van der Waals surface area (Å²) >= 11 is 0. The average molecular weight is 238 g/mol. The third-order valence-corrected chi connectivity index (χ3v) is 3.09. The molecule has 5 nitrogen and oxygen atoms in total. The molecule has 0 aliphatic carbocycles. The number of aromatic nitrogens is 1. The number of hydrogen-bond acceptors (Lipinski definition) is 4. The van der Waals surface area contributed by atoms with Gasteiger partial charge in [0.2, 0.25) is 0 Å². The van der Waals surface area contributed by atoms with E-state index in [-0.39, 0.29) is 21.8 Å². The number of nitriles is 1. The van der Waals surface area contributed by atoms with Gasteiger partial charge in [-0.3, -0.25) is 13.8 Å². The number of hydrogen-bond donors (Lipinski definition) is 1. The smallest absolute Gasteiger partial charge is 0.267 e. The molecule has 16 heavy (non-hydrogen) atoms. The zero-order valence-electron chi connectivity index (χ0n) is 9.08. The lowest BCUT2D eigenvalue weighted by molar-refractivity contribution is 0.101. The van der Waals surface area contributed by atoms with Gasteiger partial charge in [0, 0.05) is 11.9 Å². The molecule has 0 aromatic carbocycles. The van der Waals surface area contributed by atoms with Crippen LogP contribution in [-0.2, 0) is 10.8 Å². The summed E-state index contributed by atoms with van der Waals surface area (Å²) in [7, 11) is -1.56. The van der Waals surface area contributed by atoms with E-state index in [0.29, 0.717) is 5.69 Å². The molecule has 1 atom stereocenters. The molecule has 0 spiro atoms.